The molecule has 7 nitrogen and oxygen atoms in total. The largest absolute Gasteiger partial charge is 0.382 e. The van der Waals surface area contributed by atoms with E-state index in [1.807, 2.05) is 0 Å². The molecule has 1 rings (SSSR count). The van der Waals surface area contributed by atoms with Crippen molar-refractivity contribution < 1.29 is 13.3 Å². The van der Waals surface area contributed by atoms with Crippen LogP contribution in [0.3, 0.4) is 0 Å². The van der Waals surface area contributed by atoms with Gasteiger partial charge in [-0.25, -0.2) is 8.42 Å². The van der Waals surface area contributed by atoms with E-state index in [0.29, 0.717) is 11.4 Å². The highest BCUT2D eigenvalue weighted by molar-refractivity contribution is 7.92. The third-order valence-electron chi connectivity index (χ3n) is 3.20. The molecule has 0 aliphatic rings. The van der Waals surface area contributed by atoms with Gasteiger partial charge < -0.3 is 10.6 Å². The summed E-state index contributed by atoms with van der Waals surface area (Å²) in [6.07, 6.45) is 1.15. The summed E-state index contributed by atoms with van der Waals surface area (Å²) in [5, 5.41) is 16.7. The third kappa shape index (κ3) is 3.38. The molecule has 0 saturated carbocycles. The summed E-state index contributed by atoms with van der Waals surface area (Å²) in [5.41, 5.74) is 0.565. The zero-order valence-electron chi connectivity index (χ0n) is 11.9. The summed E-state index contributed by atoms with van der Waals surface area (Å²) >= 11 is 0. The van der Waals surface area contributed by atoms with Crippen molar-refractivity contribution in [3.8, 4) is 0 Å². The molecule has 1 aromatic rings. The lowest BCUT2D eigenvalue weighted by Crippen LogP contribution is -2.38. The molecule has 0 radical (unpaired) electrons. The van der Waals surface area contributed by atoms with Gasteiger partial charge in [0.15, 0.2) is 9.84 Å². The molecule has 0 saturated heterocycles. The first kappa shape index (κ1) is 16.2. The highest BCUT2D eigenvalue weighted by Gasteiger charge is 2.31. The molecule has 0 unspecified atom stereocenters. The number of hydrogen-bond acceptors (Lipinski definition) is 6. The minimum Gasteiger partial charge on any atom is -0.382 e. The molecule has 0 spiro atoms. The molecule has 0 amide bonds. The Labute approximate surface area is 118 Å². The van der Waals surface area contributed by atoms with Gasteiger partial charge in [0.2, 0.25) is 0 Å². The van der Waals surface area contributed by atoms with E-state index in [9.17, 15) is 18.5 Å². The fourth-order valence-electron chi connectivity index (χ4n) is 1.52. The molecule has 0 aliphatic carbocycles. The first-order valence-corrected chi connectivity index (χ1v) is 7.88. The molecule has 1 aromatic carbocycles. The van der Waals surface area contributed by atoms with Crippen molar-refractivity contribution in [2.45, 2.75) is 18.6 Å². The van der Waals surface area contributed by atoms with E-state index in [1.165, 1.54) is 0 Å². The SMILES string of the molecule is CNc1cccc(NCC(C)(C)S(C)(=O)=O)c1[N+](=O)[O-]. The number of para-hydroxylation sites is 1. The van der Waals surface area contributed by atoms with Crippen LogP contribution < -0.4 is 10.6 Å². The van der Waals surface area contributed by atoms with Crippen molar-refractivity contribution in [1.29, 1.82) is 0 Å². The summed E-state index contributed by atoms with van der Waals surface area (Å²) < 4.78 is 22.2. The van der Waals surface area contributed by atoms with Crippen LogP contribution in [0.4, 0.5) is 17.1 Å². The number of rotatable bonds is 6. The van der Waals surface area contributed by atoms with Gasteiger partial charge in [-0.2, -0.15) is 0 Å². The number of benzene rings is 1. The molecular weight excluding hydrogens is 282 g/mol. The van der Waals surface area contributed by atoms with Crippen molar-refractivity contribution in [3.05, 3.63) is 28.3 Å². The first-order chi connectivity index (χ1) is 9.10. The van der Waals surface area contributed by atoms with Crippen LogP contribution >= 0.6 is 0 Å². The average molecular weight is 301 g/mol. The maximum absolute atomic E-state index is 11.6. The maximum atomic E-state index is 11.6. The predicted octanol–water partition coefficient (Wildman–Crippen LogP) is 1.87. The minimum atomic E-state index is -3.27. The summed E-state index contributed by atoms with van der Waals surface area (Å²) in [4.78, 5) is 10.6. The zero-order valence-corrected chi connectivity index (χ0v) is 12.7. The molecule has 0 fully saturated rings. The lowest BCUT2D eigenvalue weighted by Gasteiger charge is -2.23. The van der Waals surface area contributed by atoms with Crippen LogP contribution in [-0.4, -0.2) is 37.9 Å². The first-order valence-electron chi connectivity index (χ1n) is 5.99. The molecule has 2 N–H and O–H groups in total. The van der Waals surface area contributed by atoms with Gasteiger partial charge in [0.1, 0.15) is 11.4 Å². The second kappa shape index (κ2) is 5.66. The van der Waals surface area contributed by atoms with E-state index in [4.69, 9.17) is 0 Å². The van der Waals surface area contributed by atoms with Crippen LogP contribution in [0.25, 0.3) is 0 Å². The number of sulfone groups is 1. The molecule has 8 heteroatoms. The van der Waals surface area contributed by atoms with Crippen LogP contribution in [0.5, 0.6) is 0 Å². The molecule has 112 valence electrons. The van der Waals surface area contributed by atoms with E-state index in [-0.39, 0.29) is 12.2 Å². The second-order valence-electron chi connectivity index (χ2n) is 5.09. The van der Waals surface area contributed by atoms with Crippen LogP contribution in [-0.2, 0) is 9.84 Å². The van der Waals surface area contributed by atoms with Crippen molar-refractivity contribution >= 4 is 26.9 Å². The Morgan fingerprint density at radius 3 is 2.30 bits per heavy atom. The van der Waals surface area contributed by atoms with E-state index >= 15 is 0 Å². The zero-order chi connectivity index (χ0) is 15.6. The van der Waals surface area contributed by atoms with E-state index in [0.717, 1.165) is 6.26 Å². The normalized spacial score (nSPS) is 12.0. The number of hydrogen-bond donors (Lipinski definition) is 2. The monoisotopic (exact) mass is 301 g/mol. The van der Waals surface area contributed by atoms with Gasteiger partial charge in [-0.05, 0) is 26.0 Å². The fourth-order valence-corrected chi connectivity index (χ4v) is 1.86. The van der Waals surface area contributed by atoms with Gasteiger partial charge >= 0.3 is 5.69 Å². The summed E-state index contributed by atoms with van der Waals surface area (Å²) in [7, 11) is -1.68. The number of anilines is 2. The maximum Gasteiger partial charge on any atom is 0.315 e. The quantitative estimate of drug-likeness (QED) is 0.614. The molecule has 0 atom stereocenters. The lowest BCUT2D eigenvalue weighted by atomic mass is 10.2. The Morgan fingerprint density at radius 1 is 1.30 bits per heavy atom. The molecular formula is C12H19N3O4S. The number of nitrogens with zero attached hydrogens (tertiary/aromatic N) is 1. The van der Waals surface area contributed by atoms with Crippen LogP contribution in [0.15, 0.2) is 18.2 Å². The van der Waals surface area contributed by atoms with Gasteiger partial charge in [-0.15, -0.1) is 0 Å². The number of nitro groups is 1. The van der Waals surface area contributed by atoms with Crippen molar-refractivity contribution in [1.82, 2.24) is 0 Å². The summed E-state index contributed by atoms with van der Waals surface area (Å²) in [5.74, 6) is 0. The van der Waals surface area contributed by atoms with Crippen molar-refractivity contribution in [2.75, 3.05) is 30.5 Å². The van der Waals surface area contributed by atoms with Gasteiger partial charge in [0.05, 0.1) is 9.67 Å². The van der Waals surface area contributed by atoms with Crippen molar-refractivity contribution in [3.63, 3.8) is 0 Å². The minimum absolute atomic E-state index is 0.0832. The van der Waals surface area contributed by atoms with Gasteiger partial charge in [-0.1, -0.05) is 6.07 Å². The summed E-state index contributed by atoms with van der Waals surface area (Å²) in [6, 6.07) is 4.80. The van der Waals surface area contributed by atoms with Crippen LogP contribution in [0.1, 0.15) is 13.8 Å². The average Bonchev–Trinajstić information content (AvgIpc) is 2.34. The van der Waals surface area contributed by atoms with Gasteiger partial charge in [0.25, 0.3) is 0 Å². The van der Waals surface area contributed by atoms with E-state index in [1.54, 1.807) is 39.1 Å². The van der Waals surface area contributed by atoms with Crippen LogP contribution in [0.2, 0.25) is 0 Å². The lowest BCUT2D eigenvalue weighted by molar-refractivity contribution is -0.383. The fraction of sp³-hybridized carbons (Fsp3) is 0.500. The highest BCUT2D eigenvalue weighted by Crippen LogP contribution is 2.33. The Hall–Kier alpha value is -1.83. The Morgan fingerprint density at radius 2 is 1.85 bits per heavy atom. The molecule has 20 heavy (non-hydrogen) atoms. The highest BCUT2D eigenvalue weighted by atomic mass is 32.2. The number of nitrogens with one attached hydrogen (secondary N) is 2. The topological polar surface area (TPSA) is 101 Å². The summed E-state index contributed by atoms with van der Waals surface area (Å²) in [6.45, 7) is 3.23. The number of nitro benzene ring substituents is 1. The van der Waals surface area contributed by atoms with Gasteiger partial charge in [-0.3, -0.25) is 10.1 Å². The van der Waals surface area contributed by atoms with E-state index in [2.05, 4.69) is 10.6 Å². The smallest absolute Gasteiger partial charge is 0.315 e. The van der Waals surface area contributed by atoms with Crippen LogP contribution in [0, 0.1) is 10.1 Å². The second-order valence-corrected chi connectivity index (χ2v) is 7.74. The standard InChI is InChI=1S/C12H19N3O4S/c1-12(2,20(4,18)19)8-14-10-7-5-6-9(13-3)11(10)15(16)17/h5-7,13-14H,8H2,1-4H3. The molecule has 0 bridgehead atoms. The van der Waals surface area contributed by atoms with E-state index < -0.39 is 19.5 Å². The molecule has 0 aliphatic heterocycles. The predicted molar refractivity (Wildman–Crippen MR) is 80.1 cm³/mol. The van der Waals surface area contributed by atoms with Gasteiger partial charge in [0, 0.05) is 19.8 Å². The third-order valence-corrected chi connectivity index (χ3v) is 5.35. The molecule has 0 heterocycles. The Balaban J connectivity index is 3.08. The Bertz CT molecular complexity index is 611. The van der Waals surface area contributed by atoms with Crippen molar-refractivity contribution in [2.24, 2.45) is 0 Å². The molecule has 0 aromatic heterocycles. The Kier molecular flexibility index (Phi) is 4.59.